The van der Waals surface area contributed by atoms with Crippen molar-refractivity contribution in [1.82, 2.24) is 10.2 Å². The van der Waals surface area contributed by atoms with Crippen LogP contribution in [-0.4, -0.2) is 54.4 Å². The SMILES string of the molecule is CC[C@@H](C(=O)NC(C)(C)C)N(Cc1ccccc1C)C(=O)CN(c1cc([N+](=O)[O-])ccc1C)S(C)(=O)=O. The first kappa shape index (κ1) is 29.8. The van der Waals surface area contributed by atoms with Crippen molar-refractivity contribution in [2.75, 3.05) is 17.1 Å². The molecule has 0 saturated heterocycles. The second kappa shape index (κ2) is 11.7. The molecule has 0 unspecified atom stereocenters. The second-order valence-electron chi connectivity index (χ2n) is 10.1. The van der Waals surface area contributed by atoms with Crippen molar-refractivity contribution >= 4 is 33.2 Å². The summed E-state index contributed by atoms with van der Waals surface area (Å²) in [6, 6.07) is 10.4. The van der Waals surface area contributed by atoms with Crippen LogP contribution in [0.3, 0.4) is 0 Å². The van der Waals surface area contributed by atoms with E-state index in [4.69, 9.17) is 0 Å². The highest BCUT2D eigenvalue weighted by molar-refractivity contribution is 7.92. The number of hydrogen-bond acceptors (Lipinski definition) is 6. The van der Waals surface area contributed by atoms with Crippen LogP contribution >= 0.6 is 0 Å². The zero-order valence-corrected chi connectivity index (χ0v) is 23.3. The molecular formula is C26H36N4O6S. The third-order valence-corrected chi connectivity index (χ3v) is 6.96. The zero-order valence-electron chi connectivity index (χ0n) is 22.4. The highest BCUT2D eigenvalue weighted by Gasteiger charge is 2.33. The highest BCUT2D eigenvalue weighted by atomic mass is 32.2. The van der Waals surface area contributed by atoms with Gasteiger partial charge in [0, 0.05) is 24.2 Å². The van der Waals surface area contributed by atoms with Crippen LogP contribution in [0.15, 0.2) is 42.5 Å². The topological polar surface area (TPSA) is 130 Å². The Morgan fingerprint density at radius 2 is 1.70 bits per heavy atom. The number of non-ortho nitro benzene ring substituents is 1. The molecule has 0 spiro atoms. The third kappa shape index (κ3) is 8.01. The number of nitro benzene ring substituents is 1. The maximum Gasteiger partial charge on any atom is 0.271 e. The van der Waals surface area contributed by atoms with Gasteiger partial charge >= 0.3 is 0 Å². The van der Waals surface area contributed by atoms with E-state index in [2.05, 4.69) is 5.32 Å². The lowest BCUT2D eigenvalue weighted by Crippen LogP contribution is -2.55. The van der Waals surface area contributed by atoms with Crippen molar-refractivity contribution in [3.8, 4) is 0 Å². The molecule has 2 amide bonds. The van der Waals surface area contributed by atoms with Crippen LogP contribution in [0.4, 0.5) is 11.4 Å². The van der Waals surface area contributed by atoms with Gasteiger partial charge < -0.3 is 10.2 Å². The Bertz CT molecular complexity index is 1270. The molecule has 0 aromatic heterocycles. The van der Waals surface area contributed by atoms with Gasteiger partial charge in [-0.1, -0.05) is 37.3 Å². The predicted molar refractivity (Wildman–Crippen MR) is 144 cm³/mol. The van der Waals surface area contributed by atoms with Gasteiger partial charge in [-0.25, -0.2) is 8.42 Å². The zero-order chi connectivity index (χ0) is 28.1. The van der Waals surface area contributed by atoms with E-state index in [1.54, 1.807) is 13.8 Å². The quantitative estimate of drug-likeness (QED) is 0.367. The van der Waals surface area contributed by atoms with Crippen molar-refractivity contribution in [2.24, 2.45) is 0 Å². The first-order chi connectivity index (χ1) is 17.0. The molecule has 0 heterocycles. The Kier molecular flexibility index (Phi) is 9.43. The van der Waals surface area contributed by atoms with Crippen molar-refractivity contribution in [2.45, 2.75) is 66.1 Å². The van der Waals surface area contributed by atoms with E-state index < -0.39 is 39.0 Å². The van der Waals surface area contributed by atoms with Crippen LogP contribution in [0.2, 0.25) is 0 Å². The van der Waals surface area contributed by atoms with Gasteiger partial charge in [0.25, 0.3) is 5.69 Å². The Morgan fingerprint density at radius 3 is 2.22 bits per heavy atom. The average Bonchev–Trinajstić information content (AvgIpc) is 2.77. The molecule has 2 aromatic carbocycles. The minimum Gasteiger partial charge on any atom is -0.350 e. The number of aryl methyl sites for hydroxylation is 2. The van der Waals surface area contributed by atoms with Gasteiger partial charge in [0.1, 0.15) is 12.6 Å². The highest BCUT2D eigenvalue weighted by Crippen LogP contribution is 2.28. The molecule has 0 aliphatic carbocycles. The maximum atomic E-state index is 13.8. The van der Waals surface area contributed by atoms with Gasteiger partial charge in [0.15, 0.2) is 0 Å². The molecule has 10 nitrogen and oxygen atoms in total. The minimum atomic E-state index is -4.01. The lowest BCUT2D eigenvalue weighted by atomic mass is 10.0. The largest absolute Gasteiger partial charge is 0.350 e. The molecule has 0 radical (unpaired) electrons. The number of anilines is 1. The number of rotatable bonds is 10. The lowest BCUT2D eigenvalue weighted by Gasteiger charge is -2.35. The van der Waals surface area contributed by atoms with Crippen molar-refractivity contribution in [3.05, 3.63) is 69.3 Å². The van der Waals surface area contributed by atoms with Crippen LogP contribution < -0.4 is 9.62 Å². The predicted octanol–water partition coefficient (Wildman–Crippen LogP) is 3.70. The molecule has 202 valence electrons. The summed E-state index contributed by atoms with van der Waals surface area (Å²) in [6.07, 6.45) is 1.24. The molecule has 11 heteroatoms. The first-order valence-electron chi connectivity index (χ1n) is 11.9. The van der Waals surface area contributed by atoms with Crippen LogP contribution in [0, 0.1) is 24.0 Å². The summed E-state index contributed by atoms with van der Waals surface area (Å²) in [5.41, 5.74) is 1.38. The number of hydrogen-bond donors (Lipinski definition) is 1. The number of nitrogens with one attached hydrogen (secondary N) is 1. The van der Waals surface area contributed by atoms with Crippen LogP contribution in [-0.2, 0) is 26.2 Å². The molecule has 2 aromatic rings. The van der Waals surface area contributed by atoms with E-state index in [0.29, 0.717) is 12.0 Å². The summed E-state index contributed by atoms with van der Waals surface area (Å²) in [5.74, 6) is -0.954. The maximum absolute atomic E-state index is 13.8. The molecule has 2 rings (SSSR count). The normalized spacial score (nSPS) is 12.5. The lowest BCUT2D eigenvalue weighted by molar-refractivity contribution is -0.384. The van der Waals surface area contributed by atoms with E-state index in [-0.39, 0.29) is 23.8 Å². The summed E-state index contributed by atoms with van der Waals surface area (Å²) in [7, 11) is -4.01. The summed E-state index contributed by atoms with van der Waals surface area (Å²) in [6.45, 7) is 10.3. The van der Waals surface area contributed by atoms with Gasteiger partial charge in [-0.2, -0.15) is 0 Å². The fourth-order valence-electron chi connectivity index (χ4n) is 3.92. The van der Waals surface area contributed by atoms with Crippen LogP contribution in [0.1, 0.15) is 50.8 Å². The molecule has 0 bridgehead atoms. The fourth-order valence-corrected chi connectivity index (χ4v) is 4.82. The number of amides is 2. The van der Waals surface area contributed by atoms with Crippen molar-refractivity contribution < 1.29 is 22.9 Å². The van der Waals surface area contributed by atoms with Gasteiger partial charge in [-0.3, -0.25) is 24.0 Å². The smallest absolute Gasteiger partial charge is 0.271 e. The average molecular weight is 533 g/mol. The number of nitrogens with zero attached hydrogens (tertiary/aromatic N) is 3. The third-order valence-electron chi connectivity index (χ3n) is 5.84. The molecule has 0 aliphatic heterocycles. The molecule has 1 N–H and O–H groups in total. The molecule has 37 heavy (non-hydrogen) atoms. The molecule has 1 atom stereocenters. The standard InChI is InChI=1S/C26H36N4O6S/c1-8-22(25(32)27-26(4,5)6)28(16-20-12-10-9-11-18(20)2)24(31)17-29(37(7,35)36)23-15-21(30(33)34)14-13-19(23)3/h9-15,22H,8,16-17H2,1-7H3,(H,27,32)/t22-/m0/s1. The van der Waals surface area contributed by atoms with E-state index in [9.17, 15) is 28.1 Å². The van der Waals surface area contributed by atoms with Gasteiger partial charge in [-0.05, 0) is 57.7 Å². The molecule has 0 fully saturated rings. The van der Waals surface area contributed by atoms with Crippen molar-refractivity contribution in [1.29, 1.82) is 0 Å². The Morgan fingerprint density at radius 1 is 1.08 bits per heavy atom. The van der Waals surface area contributed by atoms with E-state index >= 15 is 0 Å². The molecular weight excluding hydrogens is 496 g/mol. The Hall–Kier alpha value is -3.47. The number of benzene rings is 2. The summed E-state index contributed by atoms with van der Waals surface area (Å²) in [5, 5.41) is 14.2. The number of nitro groups is 1. The Labute approximate surface area is 218 Å². The summed E-state index contributed by atoms with van der Waals surface area (Å²) < 4.78 is 26.5. The Balaban J connectivity index is 2.56. The second-order valence-corrected chi connectivity index (χ2v) is 12.0. The monoisotopic (exact) mass is 532 g/mol. The summed E-state index contributed by atoms with van der Waals surface area (Å²) in [4.78, 5) is 39.1. The van der Waals surface area contributed by atoms with E-state index in [0.717, 1.165) is 27.8 Å². The number of sulfonamides is 1. The fraction of sp³-hybridized carbons (Fsp3) is 0.462. The number of carbonyl (C=O) groups excluding carboxylic acids is 2. The minimum absolute atomic E-state index is 0.0353. The van der Waals surface area contributed by atoms with Gasteiger partial charge in [0.05, 0.1) is 16.9 Å². The molecule has 0 aliphatic rings. The number of carbonyl (C=O) groups is 2. The van der Waals surface area contributed by atoms with Crippen molar-refractivity contribution in [3.63, 3.8) is 0 Å². The van der Waals surface area contributed by atoms with Gasteiger partial charge in [0.2, 0.25) is 21.8 Å². The summed E-state index contributed by atoms with van der Waals surface area (Å²) >= 11 is 0. The van der Waals surface area contributed by atoms with Crippen LogP contribution in [0.5, 0.6) is 0 Å². The molecule has 0 saturated carbocycles. The van der Waals surface area contributed by atoms with E-state index in [1.807, 2.05) is 52.0 Å². The van der Waals surface area contributed by atoms with E-state index in [1.165, 1.54) is 17.0 Å². The van der Waals surface area contributed by atoms with Crippen LogP contribution in [0.25, 0.3) is 0 Å². The first-order valence-corrected chi connectivity index (χ1v) is 13.8. The van der Waals surface area contributed by atoms with Gasteiger partial charge in [-0.15, -0.1) is 0 Å².